The lowest BCUT2D eigenvalue weighted by molar-refractivity contribution is -0.142. The normalized spacial score (nSPS) is 9.47. The number of ether oxygens (including phenoxy) is 2. The van der Waals surface area contributed by atoms with Crippen LogP contribution in [0.5, 0.6) is 11.5 Å². The van der Waals surface area contributed by atoms with Crippen molar-refractivity contribution in [2.45, 2.75) is 13.3 Å². The summed E-state index contributed by atoms with van der Waals surface area (Å²) in [4.78, 5) is 11.3. The maximum Gasteiger partial charge on any atom is 0.310 e. The number of esters is 1. The Kier molecular flexibility index (Phi) is 4.35. The quantitative estimate of drug-likeness (QED) is 0.797. The molecule has 0 fully saturated rings. The molecule has 0 aliphatic heterocycles. The van der Waals surface area contributed by atoms with Gasteiger partial charge in [0.1, 0.15) is 17.6 Å². The van der Waals surface area contributed by atoms with Gasteiger partial charge in [-0.2, -0.15) is 5.26 Å². The summed E-state index contributed by atoms with van der Waals surface area (Å²) >= 11 is 0. The number of nitriles is 1. The number of methoxy groups -OCH3 is 1. The van der Waals surface area contributed by atoms with Crippen molar-refractivity contribution in [1.82, 2.24) is 0 Å². The topological polar surface area (TPSA) is 79.6 Å². The Labute approximate surface area is 99.2 Å². The Morgan fingerprint density at radius 2 is 2.24 bits per heavy atom. The minimum absolute atomic E-state index is 0.0711. The zero-order chi connectivity index (χ0) is 12.8. The maximum atomic E-state index is 11.3. The van der Waals surface area contributed by atoms with Gasteiger partial charge in [-0.05, 0) is 13.0 Å². The summed E-state index contributed by atoms with van der Waals surface area (Å²) < 4.78 is 9.69. The van der Waals surface area contributed by atoms with Crippen molar-refractivity contribution in [2.75, 3.05) is 13.7 Å². The van der Waals surface area contributed by atoms with Gasteiger partial charge in [0.15, 0.2) is 0 Å². The molecule has 0 aliphatic rings. The molecular formula is C12H13NO4. The Morgan fingerprint density at radius 3 is 2.76 bits per heavy atom. The van der Waals surface area contributed by atoms with Crippen molar-refractivity contribution < 1.29 is 19.4 Å². The molecule has 0 aromatic heterocycles. The van der Waals surface area contributed by atoms with E-state index in [1.165, 1.54) is 19.2 Å². The summed E-state index contributed by atoms with van der Waals surface area (Å²) in [7, 11) is 1.40. The van der Waals surface area contributed by atoms with E-state index in [-0.39, 0.29) is 30.1 Å². The highest BCUT2D eigenvalue weighted by molar-refractivity contribution is 5.74. The number of phenolic OH excluding ortho intramolecular Hbond substituents is 1. The van der Waals surface area contributed by atoms with Crippen molar-refractivity contribution in [1.29, 1.82) is 5.26 Å². The standard InChI is InChI=1S/C12H13NO4/c1-3-17-12(15)5-8-4-9(7-13)11(16-2)6-10(8)14/h4,6,14H,3,5H2,1-2H3. The van der Waals surface area contributed by atoms with Crippen molar-refractivity contribution >= 4 is 5.97 Å². The van der Waals surface area contributed by atoms with Gasteiger partial charge in [0.05, 0.1) is 25.7 Å². The first kappa shape index (κ1) is 12.8. The smallest absolute Gasteiger partial charge is 0.310 e. The van der Waals surface area contributed by atoms with Crippen LogP contribution in [0, 0.1) is 11.3 Å². The lowest BCUT2D eigenvalue weighted by Gasteiger charge is -2.08. The molecular weight excluding hydrogens is 222 g/mol. The van der Waals surface area contributed by atoms with Gasteiger partial charge in [-0.1, -0.05) is 0 Å². The predicted molar refractivity (Wildman–Crippen MR) is 59.7 cm³/mol. The van der Waals surface area contributed by atoms with Gasteiger partial charge < -0.3 is 14.6 Å². The maximum absolute atomic E-state index is 11.3. The molecule has 1 aromatic rings. The average molecular weight is 235 g/mol. The molecule has 0 radical (unpaired) electrons. The van der Waals surface area contributed by atoms with Crippen LogP contribution < -0.4 is 4.74 Å². The van der Waals surface area contributed by atoms with Gasteiger partial charge in [-0.15, -0.1) is 0 Å². The first-order valence-corrected chi connectivity index (χ1v) is 5.08. The fraction of sp³-hybridized carbons (Fsp3) is 0.333. The summed E-state index contributed by atoms with van der Waals surface area (Å²) in [5.74, 6) is -0.261. The van der Waals surface area contributed by atoms with Crippen molar-refractivity contribution in [3.05, 3.63) is 23.3 Å². The average Bonchev–Trinajstić information content (AvgIpc) is 2.31. The molecule has 5 nitrogen and oxygen atoms in total. The fourth-order valence-electron chi connectivity index (χ4n) is 1.38. The van der Waals surface area contributed by atoms with Crippen LogP contribution in [0.3, 0.4) is 0 Å². The van der Waals surface area contributed by atoms with Gasteiger partial charge in [0, 0.05) is 11.6 Å². The molecule has 0 saturated carbocycles. The molecule has 0 unspecified atom stereocenters. The molecule has 0 amide bonds. The third kappa shape index (κ3) is 3.11. The number of carbonyl (C=O) groups is 1. The summed E-state index contributed by atoms with van der Waals surface area (Å²) in [5.41, 5.74) is 0.616. The second-order valence-electron chi connectivity index (χ2n) is 3.27. The first-order chi connectivity index (χ1) is 8.12. The number of benzene rings is 1. The van der Waals surface area contributed by atoms with Crippen molar-refractivity contribution in [3.8, 4) is 17.6 Å². The number of carbonyl (C=O) groups excluding carboxylic acids is 1. The number of nitrogens with zero attached hydrogens (tertiary/aromatic N) is 1. The molecule has 0 bridgehead atoms. The van der Waals surface area contributed by atoms with Crippen LogP contribution in [0.25, 0.3) is 0 Å². The molecule has 0 saturated heterocycles. The Balaban J connectivity index is 3.01. The van der Waals surface area contributed by atoms with E-state index < -0.39 is 5.97 Å². The second kappa shape index (κ2) is 5.75. The third-order valence-electron chi connectivity index (χ3n) is 2.16. The van der Waals surface area contributed by atoms with E-state index in [4.69, 9.17) is 14.7 Å². The molecule has 1 aromatic carbocycles. The highest BCUT2D eigenvalue weighted by Crippen LogP contribution is 2.28. The molecule has 90 valence electrons. The minimum atomic E-state index is -0.447. The monoisotopic (exact) mass is 235 g/mol. The summed E-state index contributed by atoms with van der Waals surface area (Å²) in [5, 5.41) is 18.5. The zero-order valence-corrected chi connectivity index (χ0v) is 9.69. The van der Waals surface area contributed by atoms with Crippen molar-refractivity contribution in [2.24, 2.45) is 0 Å². The molecule has 5 heteroatoms. The SMILES string of the molecule is CCOC(=O)Cc1cc(C#N)c(OC)cc1O. The molecule has 1 rings (SSSR count). The van der Waals surface area contributed by atoms with E-state index >= 15 is 0 Å². The van der Waals surface area contributed by atoms with Gasteiger partial charge >= 0.3 is 5.97 Å². The lowest BCUT2D eigenvalue weighted by Crippen LogP contribution is -2.08. The molecule has 0 atom stereocenters. The van der Waals surface area contributed by atoms with Crippen LogP contribution in [0.15, 0.2) is 12.1 Å². The number of aromatic hydroxyl groups is 1. The van der Waals surface area contributed by atoms with Crippen LogP contribution in [-0.4, -0.2) is 24.8 Å². The largest absolute Gasteiger partial charge is 0.508 e. The van der Waals surface area contributed by atoms with E-state index in [0.29, 0.717) is 5.56 Å². The van der Waals surface area contributed by atoms with E-state index in [9.17, 15) is 9.90 Å². The Hall–Kier alpha value is -2.22. The van der Waals surface area contributed by atoms with Gasteiger partial charge in [-0.3, -0.25) is 4.79 Å². The lowest BCUT2D eigenvalue weighted by atomic mass is 10.1. The van der Waals surface area contributed by atoms with Gasteiger partial charge in [0.2, 0.25) is 0 Å². The van der Waals surface area contributed by atoms with Crippen LogP contribution in [0.1, 0.15) is 18.1 Å². The number of rotatable bonds is 4. The summed E-state index contributed by atoms with van der Waals surface area (Å²) in [6.07, 6.45) is -0.0711. The molecule has 0 aliphatic carbocycles. The number of hydrogen-bond donors (Lipinski definition) is 1. The van der Waals surface area contributed by atoms with Crippen molar-refractivity contribution in [3.63, 3.8) is 0 Å². The van der Waals surface area contributed by atoms with Crippen LogP contribution in [0.2, 0.25) is 0 Å². The third-order valence-corrected chi connectivity index (χ3v) is 2.16. The zero-order valence-electron chi connectivity index (χ0n) is 9.69. The van der Waals surface area contributed by atoms with E-state index in [1.54, 1.807) is 6.92 Å². The molecule has 1 N–H and O–H groups in total. The van der Waals surface area contributed by atoms with E-state index in [2.05, 4.69) is 0 Å². The molecule has 0 heterocycles. The highest BCUT2D eigenvalue weighted by atomic mass is 16.5. The predicted octanol–water partition coefficient (Wildman–Crippen LogP) is 1.38. The van der Waals surface area contributed by atoms with Crippen LogP contribution in [-0.2, 0) is 16.0 Å². The molecule has 0 spiro atoms. The van der Waals surface area contributed by atoms with Gasteiger partial charge in [-0.25, -0.2) is 0 Å². The Bertz CT molecular complexity index is 462. The number of phenols is 1. The number of hydrogen-bond acceptors (Lipinski definition) is 5. The first-order valence-electron chi connectivity index (χ1n) is 5.08. The minimum Gasteiger partial charge on any atom is -0.508 e. The highest BCUT2D eigenvalue weighted by Gasteiger charge is 2.13. The van der Waals surface area contributed by atoms with Crippen LogP contribution in [0.4, 0.5) is 0 Å². The van der Waals surface area contributed by atoms with Gasteiger partial charge in [0.25, 0.3) is 0 Å². The van der Waals surface area contributed by atoms with E-state index in [1.807, 2.05) is 6.07 Å². The summed E-state index contributed by atoms with van der Waals surface area (Å²) in [6, 6.07) is 4.67. The fourth-order valence-corrected chi connectivity index (χ4v) is 1.38. The van der Waals surface area contributed by atoms with E-state index in [0.717, 1.165) is 0 Å². The second-order valence-corrected chi connectivity index (χ2v) is 3.27. The van der Waals surface area contributed by atoms with Crippen LogP contribution >= 0.6 is 0 Å². The molecule has 17 heavy (non-hydrogen) atoms. The summed E-state index contributed by atoms with van der Waals surface area (Å²) in [6.45, 7) is 1.98. The Morgan fingerprint density at radius 1 is 1.53 bits per heavy atom.